The van der Waals surface area contributed by atoms with Gasteiger partial charge in [-0.2, -0.15) is 0 Å². The first kappa shape index (κ1) is 14.7. The van der Waals surface area contributed by atoms with Gasteiger partial charge >= 0.3 is 0 Å². The zero-order valence-corrected chi connectivity index (χ0v) is 11.0. The van der Waals surface area contributed by atoms with Crippen molar-refractivity contribution in [3.05, 3.63) is 29.8 Å². The molecule has 4 heteroatoms. The van der Waals surface area contributed by atoms with Crippen LogP contribution in [-0.4, -0.2) is 17.2 Å². The van der Waals surface area contributed by atoms with E-state index in [1.165, 1.54) is 0 Å². The zero-order valence-electron chi connectivity index (χ0n) is 10.2. The fourth-order valence-corrected chi connectivity index (χ4v) is 1.12. The van der Waals surface area contributed by atoms with Crippen molar-refractivity contribution in [2.45, 2.75) is 20.8 Å². The number of carbonyl (C=O) groups excluding carboxylic acids is 1. The van der Waals surface area contributed by atoms with Gasteiger partial charge in [0.2, 0.25) is 5.91 Å². The molecule has 0 aliphatic carbocycles. The molecule has 0 saturated heterocycles. The van der Waals surface area contributed by atoms with Crippen LogP contribution in [-0.2, 0) is 0 Å². The number of benzene rings is 1. The summed E-state index contributed by atoms with van der Waals surface area (Å²) in [6.07, 6.45) is 1.97. The number of hydrogen-bond acceptors (Lipinski definition) is 3. The first-order valence-electron chi connectivity index (χ1n) is 5.12. The van der Waals surface area contributed by atoms with Crippen LogP contribution in [0.5, 0.6) is 0 Å². The molecule has 88 valence electrons. The molecule has 2 N–H and O–H groups in total. The van der Waals surface area contributed by atoms with Gasteiger partial charge in [0.1, 0.15) is 0 Å². The number of rotatable bonds is 2. The molecular weight excluding hydrogens is 220 g/mol. The highest BCUT2D eigenvalue weighted by atomic mass is 32.2. The minimum absolute atomic E-state index is 0.415. The lowest BCUT2D eigenvalue weighted by Crippen LogP contribution is -2.10. The molecule has 0 aliphatic rings. The third kappa shape index (κ3) is 4.98. The fraction of sp³-hybridized carbons (Fsp3) is 0.333. The van der Waals surface area contributed by atoms with Crippen LogP contribution in [0.1, 0.15) is 31.1 Å². The fourth-order valence-electron chi connectivity index (χ4n) is 0.928. The highest BCUT2D eigenvalue weighted by molar-refractivity contribution is 8.13. The van der Waals surface area contributed by atoms with Crippen LogP contribution in [0.2, 0.25) is 0 Å². The molecule has 0 saturated carbocycles. The summed E-state index contributed by atoms with van der Waals surface area (Å²) >= 11 is 1.59. The molecule has 1 aromatic carbocycles. The standard InChI is InChI=1S/C10H12N2OS.C2H6/c1-7(14-2)12-9-5-3-8(4-6-9)10(11)13;1-2/h3-6H,1-2H3,(H2,11,13);1-2H3. The van der Waals surface area contributed by atoms with E-state index >= 15 is 0 Å². The van der Waals surface area contributed by atoms with Gasteiger partial charge in [0.25, 0.3) is 0 Å². The summed E-state index contributed by atoms with van der Waals surface area (Å²) in [6.45, 7) is 5.94. The van der Waals surface area contributed by atoms with Crippen LogP contribution < -0.4 is 5.73 Å². The second kappa shape index (κ2) is 7.93. The van der Waals surface area contributed by atoms with Crippen molar-refractivity contribution in [2.24, 2.45) is 10.7 Å². The SMILES string of the molecule is CC.CSC(C)=Nc1ccc(C(N)=O)cc1. The van der Waals surface area contributed by atoms with E-state index in [4.69, 9.17) is 5.73 Å². The van der Waals surface area contributed by atoms with Crippen molar-refractivity contribution in [3.8, 4) is 0 Å². The molecule has 0 radical (unpaired) electrons. The predicted molar refractivity (Wildman–Crippen MR) is 72.6 cm³/mol. The van der Waals surface area contributed by atoms with Gasteiger partial charge in [-0.1, -0.05) is 13.8 Å². The summed E-state index contributed by atoms with van der Waals surface area (Å²) in [6, 6.07) is 6.91. The van der Waals surface area contributed by atoms with E-state index in [1.54, 1.807) is 36.0 Å². The molecule has 0 spiro atoms. The average molecular weight is 238 g/mol. The number of carbonyl (C=O) groups is 1. The van der Waals surface area contributed by atoms with E-state index < -0.39 is 5.91 Å². The van der Waals surface area contributed by atoms with Crippen LogP contribution in [0.25, 0.3) is 0 Å². The Morgan fingerprint density at radius 2 is 1.75 bits per heavy atom. The Labute approximate surface area is 101 Å². The lowest BCUT2D eigenvalue weighted by molar-refractivity contribution is 0.100. The second-order valence-corrected chi connectivity index (χ2v) is 3.75. The van der Waals surface area contributed by atoms with Crippen LogP contribution >= 0.6 is 11.8 Å². The highest BCUT2D eigenvalue weighted by Crippen LogP contribution is 2.15. The Morgan fingerprint density at radius 1 is 1.25 bits per heavy atom. The number of thioether (sulfide) groups is 1. The molecule has 1 rings (SSSR count). The third-order valence-corrected chi connectivity index (χ3v) is 2.42. The number of amides is 1. The minimum atomic E-state index is -0.415. The minimum Gasteiger partial charge on any atom is -0.366 e. The Morgan fingerprint density at radius 3 is 2.12 bits per heavy atom. The largest absolute Gasteiger partial charge is 0.366 e. The van der Waals surface area contributed by atoms with Gasteiger partial charge in [-0.05, 0) is 37.4 Å². The maximum atomic E-state index is 10.8. The number of primary amides is 1. The van der Waals surface area contributed by atoms with Gasteiger partial charge in [-0.25, -0.2) is 4.99 Å². The number of nitrogens with two attached hydrogens (primary N) is 1. The zero-order chi connectivity index (χ0) is 12.6. The summed E-state index contributed by atoms with van der Waals surface area (Å²) in [4.78, 5) is 15.1. The molecule has 1 aromatic rings. The molecule has 0 aromatic heterocycles. The maximum Gasteiger partial charge on any atom is 0.248 e. The first-order chi connectivity index (χ1) is 7.63. The Hall–Kier alpha value is -1.29. The Kier molecular flexibility index (Phi) is 7.29. The van der Waals surface area contributed by atoms with E-state index in [0.717, 1.165) is 10.7 Å². The lowest BCUT2D eigenvalue weighted by atomic mass is 10.2. The number of aliphatic imine (C=N–C) groups is 1. The van der Waals surface area contributed by atoms with E-state index in [2.05, 4.69) is 4.99 Å². The van der Waals surface area contributed by atoms with Crippen molar-refractivity contribution in [3.63, 3.8) is 0 Å². The van der Waals surface area contributed by atoms with E-state index in [1.807, 2.05) is 27.0 Å². The van der Waals surface area contributed by atoms with Gasteiger partial charge in [-0.3, -0.25) is 4.79 Å². The monoisotopic (exact) mass is 238 g/mol. The van der Waals surface area contributed by atoms with Crippen molar-refractivity contribution >= 4 is 28.4 Å². The van der Waals surface area contributed by atoms with Crippen LogP contribution in [0.4, 0.5) is 5.69 Å². The van der Waals surface area contributed by atoms with Gasteiger partial charge in [0.15, 0.2) is 0 Å². The van der Waals surface area contributed by atoms with Gasteiger partial charge < -0.3 is 5.73 Å². The first-order valence-corrected chi connectivity index (χ1v) is 6.35. The van der Waals surface area contributed by atoms with Crippen LogP contribution in [0.15, 0.2) is 29.3 Å². The molecule has 0 aliphatic heterocycles. The normalized spacial score (nSPS) is 10.4. The van der Waals surface area contributed by atoms with Gasteiger partial charge in [0.05, 0.1) is 10.7 Å². The second-order valence-electron chi connectivity index (χ2n) is 2.75. The molecule has 0 bridgehead atoms. The quantitative estimate of drug-likeness (QED) is 0.635. The summed E-state index contributed by atoms with van der Waals surface area (Å²) < 4.78 is 0. The van der Waals surface area contributed by atoms with E-state index in [0.29, 0.717) is 5.56 Å². The average Bonchev–Trinajstić information content (AvgIpc) is 2.32. The van der Waals surface area contributed by atoms with E-state index in [-0.39, 0.29) is 0 Å². The third-order valence-electron chi connectivity index (χ3n) is 1.73. The predicted octanol–water partition coefficient (Wildman–Crippen LogP) is 3.22. The van der Waals surface area contributed by atoms with Crippen molar-refractivity contribution in [1.29, 1.82) is 0 Å². The van der Waals surface area contributed by atoms with Crippen molar-refractivity contribution < 1.29 is 4.79 Å². The summed E-state index contributed by atoms with van der Waals surface area (Å²) in [7, 11) is 0. The molecule has 0 fully saturated rings. The summed E-state index contributed by atoms with van der Waals surface area (Å²) in [5, 5.41) is 0.983. The summed E-state index contributed by atoms with van der Waals surface area (Å²) in [5.41, 5.74) is 6.45. The molecule has 1 amide bonds. The molecule has 3 nitrogen and oxygen atoms in total. The number of nitrogens with zero attached hydrogens (tertiary/aromatic N) is 1. The smallest absolute Gasteiger partial charge is 0.248 e. The van der Waals surface area contributed by atoms with E-state index in [9.17, 15) is 4.79 Å². The highest BCUT2D eigenvalue weighted by Gasteiger charge is 1.98. The summed E-state index contributed by atoms with van der Waals surface area (Å²) in [5.74, 6) is -0.415. The molecule has 16 heavy (non-hydrogen) atoms. The Balaban J connectivity index is 0.00000106. The Bertz CT molecular complexity index is 358. The van der Waals surface area contributed by atoms with Crippen molar-refractivity contribution in [1.82, 2.24) is 0 Å². The van der Waals surface area contributed by atoms with Crippen molar-refractivity contribution in [2.75, 3.05) is 6.26 Å². The van der Waals surface area contributed by atoms with Gasteiger partial charge in [-0.15, -0.1) is 11.8 Å². The molecular formula is C12H18N2OS. The topological polar surface area (TPSA) is 55.4 Å². The molecule has 0 heterocycles. The molecule has 0 unspecified atom stereocenters. The van der Waals surface area contributed by atoms with Crippen LogP contribution in [0.3, 0.4) is 0 Å². The molecule has 0 atom stereocenters. The van der Waals surface area contributed by atoms with Gasteiger partial charge in [0, 0.05) is 5.56 Å². The number of hydrogen-bond donors (Lipinski definition) is 1. The maximum absolute atomic E-state index is 10.8. The lowest BCUT2D eigenvalue weighted by Gasteiger charge is -1.98. The van der Waals surface area contributed by atoms with Crippen LogP contribution in [0, 0.1) is 0 Å².